The predicted molar refractivity (Wildman–Crippen MR) is 95.9 cm³/mol. The molecule has 0 radical (unpaired) electrons. The average Bonchev–Trinajstić information content (AvgIpc) is 2.46. The van der Waals surface area contributed by atoms with E-state index in [-0.39, 0.29) is 0 Å². The van der Waals surface area contributed by atoms with Gasteiger partial charge >= 0.3 is 0 Å². The molecule has 3 nitrogen and oxygen atoms in total. The van der Waals surface area contributed by atoms with Crippen molar-refractivity contribution in [3.8, 4) is 0 Å². The standard InChI is InChI=1S/C17H30BrN3/c1-5-7-9-21(10-8-6-2)17-15(12-19-14(3)4)11-16(18)13-20-17/h11,13-14,19H,5-10,12H2,1-4H3. The molecule has 0 fully saturated rings. The summed E-state index contributed by atoms with van der Waals surface area (Å²) in [4.78, 5) is 7.16. The molecule has 0 saturated carbocycles. The smallest absolute Gasteiger partial charge is 0.133 e. The van der Waals surface area contributed by atoms with Crippen LogP contribution in [0.3, 0.4) is 0 Å². The first-order chi connectivity index (χ1) is 10.1. The molecule has 120 valence electrons. The summed E-state index contributed by atoms with van der Waals surface area (Å²) in [6, 6.07) is 2.68. The highest BCUT2D eigenvalue weighted by molar-refractivity contribution is 9.10. The van der Waals surface area contributed by atoms with Crippen LogP contribution in [0.4, 0.5) is 5.82 Å². The third-order valence-electron chi connectivity index (χ3n) is 3.47. The zero-order chi connectivity index (χ0) is 15.7. The van der Waals surface area contributed by atoms with Crippen LogP contribution in [0.15, 0.2) is 16.7 Å². The highest BCUT2D eigenvalue weighted by Crippen LogP contribution is 2.23. The van der Waals surface area contributed by atoms with Gasteiger partial charge < -0.3 is 10.2 Å². The fourth-order valence-corrected chi connectivity index (χ4v) is 2.60. The Bertz CT molecular complexity index is 399. The molecule has 0 bridgehead atoms. The molecule has 21 heavy (non-hydrogen) atoms. The number of pyridine rings is 1. The first kappa shape index (κ1) is 18.4. The Morgan fingerprint density at radius 3 is 2.33 bits per heavy atom. The van der Waals surface area contributed by atoms with Crippen LogP contribution in [0.2, 0.25) is 0 Å². The summed E-state index contributed by atoms with van der Waals surface area (Å²) in [5, 5.41) is 3.51. The molecule has 1 aromatic rings. The Kier molecular flexibility index (Phi) is 8.93. The summed E-state index contributed by atoms with van der Waals surface area (Å²) >= 11 is 3.55. The molecule has 1 rings (SSSR count). The number of unbranched alkanes of at least 4 members (excludes halogenated alkanes) is 2. The zero-order valence-electron chi connectivity index (χ0n) is 14.0. The van der Waals surface area contributed by atoms with Gasteiger partial charge in [0.15, 0.2) is 0 Å². The lowest BCUT2D eigenvalue weighted by Gasteiger charge is -2.26. The maximum absolute atomic E-state index is 4.70. The number of nitrogens with zero attached hydrogens (tertiary/aromatic N) is 2. The summed E-state index contributed by atoms with van der Waals surface area (Å²) in [7, 11) is 0. The molecule has 0 aliphatic carbocycles. The van der Waals surface area contributed by atoms with E-state index in [1.54, 1.807) is 0 Å². The third-order valence-corrected chi connectivity index (χ3v) is 3.91. The molecule has 0 atom stereocenters. The van der Waals surface area contributed by atoms with Crippen molar-refractivity contribution >= 4 is 21.7 Å². The lowest BCUT2D eigenvalue weighted by atomic mass is 10.2. The lowest BCUT2D eigenvalue weighted by molar-refractivity contribution is 0.584. The summed E-state index contributed by atoms with van der Waals surface area (Å²) in [6.07, 6.45) is 6.80. The molecule has 0 amide bonds. The minimum atomic E-state index is 0.483. The van der Waals surface area contributed by atoms with E-state index in [9.17, 15) is 0 Å². The van der Waals surface area contributed by atoms with Crippen LogP contribution < -0.4 is 10.2 Å². The molecular weight excluding hydrogens is 326 g/mol. The van der Waals surface area contributed by atoms with Crippen molar-refractivity contribution in [1.82, 2.24) is 10.3 Å². The van der Waals surface area contributed by atoms with Gasteiger partial charge in [0.1, 0.15) is 5.82 Å². The highest BCUT2D eigenvalue weighted by atomic mass is 79.9. The van der Waals surface area contributed by atoms with Crippen molar-refractivity contribution < 1.29 is 0 Å². The largest absolute Gasteiger partial charge is 0.356 e. The molecule has 0 aromatic carbocycles. The van der Waals surface area contributed by atoms with Crippen LogP contribution in [0.5, 0.6) is 0 Å². The van der Waals surface area contributed by atoms with Crippen LogP contribution in [0, 0.1) is 0 Å². The summed E-state index contributed by atoms with van der Waals surface area (Å²) in [5.74, 6) is 1.15. The number of hydrogen-bond donors (Lipinski definition) is 1. The number of halogens is 1. The van der Waals surface area contributed by atoms with Crippen LogP contribution in [0.25, 0.3) is 0 Å². The van der Waals surface area contributed by atoms with Crippen LogP contribution in [0.1, 0.15) is 58.9 Å². The number of hydrogen-bond acceptors (Lipinski definition) is 3. The fraction of sp³-hybridized carbons (Fsp3) is 0.706. The molecular formula is C17H30BrN3. The van der Waals surface area contributed by atoms with Crippen molar-refractivity contribution in [3.63, 3.8) is 0 Å². The second kappa shape index (κ2) is 10.2. The predicted octanol–water partition coefficient (Wildman–Crippen LogP) is 4.75. The summed E-state index contributed by atoms with van der Waals surface area (Å²) in [6.45, 7) is 11.9. The molecule has 0 aliphatic heterocycles. The van der Waals surface area contributed by atoms with Gasteiger partial charge in [0.2, 0.25) is 0 Å². The average molecular weight is 356 g/mol. The van der Waals surface area contributed by atoms with Gasteiger partial charge in [0, 0.05) is 41.9 Å². The quantitative estimate of drug-likeness (QED) is 0.656. The second-order valence-corrected chi connectivity index (χ2v) is 6.78. The molecule has 4 heteroatoms. The Labute approximate surface area is 138 Å². The van der Waals surface area contributed by atoms with Crippen LogP contribution >= 0.6 is 15.9 Å². The van der Waals surface area contributed by atoms with E-state index >= 15 is 0 Å². The maximum atomic E-state index is 4.70. The van der Waals surface area contributed by atoms with Gasteiger partial charge in [-0.1, -0.05) is 40.5 Å². The molecule has 0 aliphatic rings. The number of anilines is 1. The fourth-order valence-electron chi connectivity index (χ4n) is 2.22. The molecule has 0 spiro atoms. The van der Waals surface area contributed by atoms with E-state index in [0.29, 0.717) is 6.04 Å². The zero-order valence-corrected chi connectivity index (χ0v) is 15.5. The van der Waals surface area contributed by atoms with Gasteiger partial charge in [0.25, 0.3) is 0 Å². The topological polar surface area (TPSA) is 28.2 Å². The first-order valence-corrected chi connectivity index (χ1v) is 9.00. The normalized spacial score (nSPS) is 11.1. The highest BCUT2D eigenvalue weighted by Gasteiger charge is 2.13. The Hall–Kier alpha value is -0.610. The van der Waals surface area contributed by atoms with Crippen LogP contribution in [-0.4, -0.2) is 24.1 Å². The molecule has 1 heterocycles. The van der Waals surface area contributed by atoms with E-state index in [1.807, 2.05) is 6.20 Å². The molecule has 1 N–H and O–H groups in total. The van der Waals surface area contributed by atoms with Crippen molar-refractivity contribution in [3.05, 3.63) is 22.3 Å². The SMILES string of the molecule is CCCCN(CCCC)c1ncc(Br)cc1CNC(C)C. The molecule has 1 aromatic heterocycles. The van der Waals surface area contributed by atoms with E-state index in [0.717, 1.165) is 29.9 Å². The van der Waals surface area contributed by atoms with Gasteiger partial charge in [0.05, 0.1) is 0 Å². The first-order valence-electron chi connectivity index (χ1n) is 8.21. The Morgan fingerprint density at radius 2 is 1.81 bits per heavy atom. The van der Waals surface area contributed by atoms with Gasteiger partial charge in [-0.3, -0.25) is 0 Å². The third kappa shape index (κ3) is 6.79. The number of aromatic nitrogens is 1. The minimum Gasteiger partial charge on any atom is -0.356 e. The number of rotatable bonds is 10. The van der Waals surface area contributed by atoms with Crippen molar-refractivity contribution in [2.75, 3.05) is 18.0 Å². The van der Waals surface area contributed by atoms with Gasteiger partial charge in [-0.05, 0) is 34.8 Å². The maximum Gasteiger partial charge on any atom is 0.133 e. The molecule has 0 saturated heterocycles. The number of nitrogens with one attached hydrogen (secondary N) is 1. The Morgan fingerprint density at radius 1 is 1.19 bits per heavy atom. The van der Waals surface area contributed by atoms with E-state index < -0.39 is 0 Å². The van der Waals surface area contributed by atoms with E-state index in [1.165, 1.54) is 31.2 Å². The van der Waals surface area contributed by atoms with Crippen molar-refractivity contribution in [2.24, 2.45) is 0 Å². The summed E-state index contributed by atoms with van der Waals surface area (Å²) < 4.78 is 1.05. The second-order valence-electron chi connectivity index (χ2n) is 5.87. The van der Waals surface area contributed by atoms with Crippen molar-refractivity contribution in [1.29, 1.82) is 0 Å². The molecule has 0 unspecified atom stereocenters. The van der Waals surface area contributed by atoms with Crippen LogP contribution in [-0.2, 0) is 6.54 Å². The lowest BCUT2D eigenvalue weighted by Crippen LogP contribution is -2.29. The van der Waals surface area contributed by atoms with Gasteiger partial charge in [-0.15, -0.1) is 0 Å². The summed E-state index contributed by atoms with van der Waals surface area (Å²) in [5.41, 5.74) is 1.28. The van der Waals surface area contributed by atoms with Gasteiger partial charge in [-0.25, -0.2) is 4.98 Å². The van der Waals surface area contributed by atoms with E-state index in [2.05, 4.69) is 59.9 Å². The Balaban J connectivity index is 2.92. The minimum absolute atomic E-state index is 0.483. The van der Waals surface area contributed by atoms with E-state index in [4.69, 9.17) is 4.98 Å². The van der Waals surface area contributed by atoms with Crippen molar-refractivity contribution in [2.45, 2.75) is 66.0 Å². The van der Waals surface area contributed by atoms with Gasteiger partial charge in [-0.2, -0.15) is 0 Å². The monoisotopic (exact) mass is 355 g/mol.